The summed E-state index contributed by atoms with van der Waals surface area (Å²) in [7, 11) is 0. The second-order valence-electron chi connectivity index (χ2n) is 7.15. The van der Waals surface area contributed by atoms with E-state index in [1.807, 2.05) is 12.1 Å². The smallest absolute Gasteiger partial charge is 0.165 e. The van der Waals surface area contributed by atoms with Gasteiger partial charge < -0.3 is 25.4 Å². The molecule has 2 aliphatic rings. The van der Waals surface area contributed by atoms with Crippen molar-refractivity contribution in [2.45, 2.75) is 37.0 Å². The van der Waals surface area contributed by atoms with E-state index in [1.54, 1.807) is 4.57 Å². The van der Waals surface area contributed by atoms with Crippen molar-refractivity contribution in [2.75, 3.05) is 13.2 Å². The average Bonchev–Trinajstić information content (AvgIpc) is 3.29. The van der Waals surface area contributed by atoms with Gasteiger partial charge in [0.1, 0.15) is 30.2 Å². The van der Waals surface area contributed by atoms with Gasteiger partial charge in [-0.25, -0.2) is 15.0 Å². The minimum absolute atomic E-state index is 0.107. The van der Waals surface area contributed by atoms with E-state index in [2.05, 4.69) is 32.4 Å². The lowest BCUT2D eigenvalue weighted by Crippen LogP contribution is -2.33. The molecule has 5 atom stereocenters. The van der Waals surface area contributed by atoms with E-state index >= 15 is 0 Å². The fourth-order valence-corrected chi connectivity index (χ4v) is 4.13. The van der Waals surface area contributed by atoms with E-state index in [1.165, 1.54) is 18.2 Å². The Morgan fingerprint density at radius 1 is 1.14 bits per heavy atom. The molecule has 0 saturated carbocycles. The maximum atomic E-state index is 10.3. The number of ether oxygens (including phenoxy) is 1. The van der Waals surface area contributed by atoms with Crippen molar-refractivity contribution in [3.8, 4) is 0 Å². The third-order valence-corrected chi connectivity index (χ3v) is 5.56. The van der Waals surface area contributed by atoms with Crippen LogP contribution >= 0.6 is 0 Å². The maximum Gasteiger partial charge on any atom is 0.165 e. The van der Waals surface area contributed by atoms with Gasteiger partial charge in [0.25, 0.3) is 0 Å². The van der Waals surface area contributed by atoms with Gasteiger partial charge in [-0.05, 0) is 17.5 Å². The molecular formula is C19H21N5O4. The van der Waals surface area contributed by atoms with E-state index in [0.29, 0.717) is 11.2 Å². The highest BCUT2D eigenvalue weighted by molar-refractivity contribution is 5.74. The highest BCUT2D eigenvalue weighted by atomic mass is 16.6. The van der Waals surface area contributed by atoms with Crippen LogP contribution in [0.1, 0.15) is 29.1 Å². The van der Waals surface area contributed by atoms with Crippen molar-refractivity contribution in [3.63, 3.8) is 0 Å². The summed E-state index contributed by atoms with van der Waals surface area (Å²) in [5.41, 5.74) is 4.30. The monoisotopic (exact) mass is 383 g/mol. The van der Waals surface area contributed by atoms with Crippen molar-refractivity contribution in [1.82, 2.24) is 24.8 Å². The lowest BCUT2D eigenvalue weighted by molar-refractivity contribution is -0.0511. The molecule has 0 aliphatic carbocycles. The van der Waals surface area contributed by atoms with E-state index < -0.39 is 24.5 Å². The molecule has 4 N–H and O–H groups in total. The Morgan fingerprint density at radius 2 is 2.00 bits per heavy atom. The molecule has 9 heteroatoms. The fourth-order valence-electron chi connectivity index (χ4n) is 4.13. The summed E-state index contributed by atoms with van der Waals surface area (Å²) in [5, 5.41) is 33.2. The van der Waals surface area contributed by atoms with Crippen LogP contribution in [0.2, 0.25) is 0 Å². The second-order valence-corrected chi connectivity index (χ2v) is 7.15. The molecule has 1 fully saturated rings. The quantitative estimate of drug-likeness (QED) is 0.485. The van der Waals surface area contributed by atoms with Crippen molar-refractivity contribution < 1.29 is 20.1 Å². The summed E-state index contributed by atoms with van der Waals surface area (Å²) >= 11 is 0. The first kappa shape index (κ1) is 17.7. The fraction of sp³-hybridized carbons (Fsp3) is 0.421. The van der Waals surface area contributed by atoms with Crippen molar-refractivity contribution in [3.05, 3.63) is 53.7 Å². The molecule has 1 aromatic carbocycles. The minimum Gasteiger partial charge on any atom is -0.394 e. The van der Waals surface area contributed by atoms with E-state index in [9.17, 15) is 15.3 Å². The number of hydrogen-bond acceptors (Lipinski definition) is 8. The van der Waals surface area contributed by atoms with Crippen LogP contribution in [0.15, 0.2) is 36.9 Å². The van der Waals surface area contributed by atoms with Crippen LogP contribution in [0.25, 0.3) is 11.2 Å². The summed E-state index contributed by atoms with van der Waals surface area (Å²) < 4.78 is 7.21. The zero-order valence-corrected chi connectivity index (χ0v) is 15.0. The number of rotatable bonds is 3. The SMILES string of the molecule is OC[C@H]1OC(n2cnc3c(C4NCCc5ccccc54)ncnc32)[C@H](O)[C@@H]1O. The number of aliphatic hydroxyl groups is 3. The lowest BCUT2D eigenvalue weighted by Gasteiger charge is -2.26. The molecular weight excluding hydrogens is 362 g/mol. The standard InChI is InChI=1S/C19H21N5O4/c25-7-12-16(26)17(27)19(28-12)24-9-23-15-14(21-8-22-18(15)24)13-11-4-2-1-3-10(11)5-6-20-13/h1-4,8-9,12-13,16-17,19-20,25-27H,5-7H2/t12-,13?,16-,17-,19?/m1/s1. The molecule has 2 unspecified atom stereocenters. The minimum atomic E-state index is -1.19. The Balaban J connectivity index is 1.58. The second kappa shape index (κ2) is 6.87. The van der Waals surface area contributed by atoms with Crippen LogP contribution in [0, 0.1) is 0 Å². The number of aromatic nitrogens is 4. The molecule has 2 aliphatic heterocycles. The molecule has 28 heavy (non-hydrogen) atoms. The normalized spacial score (nSPS) is 29.9. The molecule has 9 nitrogen and oxygen atoms in total. The topological polar surface area (TPSA) is 126 Å². The highest BCUT2D eigenvalue weighted by Crippen LogP contribution is 2.34. The van der Waals surface area contributed by atoms with E-state index in [4.69, 9.17) is 4.74 Å². The third-order valence-electron chi connectivity index (χ3n) is 5.56. The molecule has 0 spiro atoms. The summed E-state index contributed by atoms with van der Waals surface area (Å²) in [5.74, 6) is 0. The van der Waals surface area contributed by atoms with Crippen molar-refractivity contribution >= 4 is 11.2 Å². The Morgan fingerprint density at radius 3 is 2.82 bits per heavy atom. The van der Waals surface area contributed by atoms with Gasteiger partial charge in [-0.2, -0.15) is 0 Å². The Kier molecular flexibility index (Phi) is 4.33. The van der Waals surface area contributed by atoms with Gasteiger partial charge >= 0.3 is 0 Å². The first-order valence-electron chi connectivity index (χ1n) is 9.30. The molecule has 3 aromatic rings. The molecule has 2 aromatic heterocycles. The Bertz CT molecular complexity index is 1010. The van der Waals surface area contributed by atoms with Crippen LogP contribution in [-0.2, 0) is 11.2 Å². The lowest BCUT2D eigenvalue weighted by atomic mass is 9.92. The summed E-state index contributed by atoms with van der Waals surface area (Å²) in [4.78, 5) is 13.3. The van der Waals surface area contributed by atoms with Gasteiger partial charge in [0, 0.05) is 6.54 Å². The number of hydrogen-bond donors (Lipinski definition) is 4. The average molecular weight is 383 g/mol. The zero-order chi connectivity index (χ0) is 19.3. The van der Waals surface area contributed by atoms with Gasteiger partial charge in [-0.15, -0.1) is 0 Å². The van der Waals surface area contributed by atoms with Crippen molar-refractivity contribution in [1.29, 1.82) is 0 Å². The van der Waals surface area contributed by atoms with Crippen LogP contribution < -0.4 is 5.32 Å². The molecule has 0 amide bonds. The first-order valence-corrected chi connectivity index (χ1v) is 9.30. The predicted molar refractivity (Wildman–Crippen MR) is 98.3 cm³/mol. The molecule has 146 valence electrons. The van der Waals surface area contributed by atoms with Crippen LogP contribution in [-0.4, -0.2) is 66.3 Å². The van der Waals surface area contributed by atoms with E-state index in [-0.39, 0.29) is 12.6 Å². The number of benzene rings is 1. The zero-order valence-electron chi connectivity index (χ0n) is 15.0. The summed E-state index contributed by atoms with van der Waals surface area (Å²) in [6.45, 7) is 0.451. The van der Waals surface area contributed by atoms with Crippen LogP contribution in [0.5, 0.6) is 0 Å². The number of imidazole rings is 1. The van der Waals surface area contributed by atoms with Gasteiger partial charge in [0.15, 0.2) is 11.9 Å². The molecule has 4 heterocycles. The van der Waals surface area contributed by atoms with Gasteiger partial charge in [-0.1, -0.05) is 24.3 Å². The van der Waals surface area contributed by atoms with Crippen LogP contribution in [0.4, 0.5) is 0 Å². The number of nitrogens with one attached hydrogen (secondary N) is 1. The Labute approximate surface area is 160 Å². The van der Waals surface area contributed by atoms with Gasteiger partial charge in [0.2, 0.25) is 0 Å². The predicted octanol–water partition coefficient (Wildman–Crippen LogP) is -0.327. The molecule has 1 saturated heterocycles. The number of aliphatic hydroxyl groups excluding tert-OH is 3. The van der Waals surface area contributed by atoms with Crippen LogP contribution in [0.3, 0.4) is 0 Å². The Hall–Kier alpha value is -2.43. The van der Waals surface area contributed by atoms with Gasteiger partial charge in [0.05, 0.1) is 24.7 Å². The third kappa shape index (κ3) is 2.63. The molecule has 0 bridgehead atoms. The largest absolute Gasteiger partial charge is 0.394 e. The first-order chi connectivity index (χ1) is 13.7. The van der Waals surface area contributed by atoms with E-state index in [0.717, 1.165) is 24.2 Å². The highest BCUT2D eigenvalue weighted by Gasteiger charge is 2.44. The van der Waals surface area contributed by atoms with Crippen molar-refractivity contribution in [2.24, 2.45) is 0 Å². The summed E-state index contributed by atoms with van der Waals surface area (Å²) in [6.07, 6.45) is -0.162. The number of fused-ring (bicyclic) bond motifs is 2. The molecule has 0 radical (unpaired) electrons. The van der Waals surface area contributed by atoms with Gasteiger partial charge in [-0.3, -0.25) is 4.57 Å². The summed E-state index contributed by atoms with van der Waals surface area (Å²) in [6, 6.07) is 8.15. The number of nitrogens with zero attached hydrogens (tertiary/aromatic N) is 4. The molecule has 5 rings (SSSR count). The maximum absolute atomic E-state index is 10.3.